The number of benzene rings is 1. The van der Waals surface area contributed by atoms with E-state index in [1.807, 2.05) is 13.0 Å². The van der Waals surface area contributed by atoms with Crippen LogP contribution in [0.4, 0.5) is 5.69 Å². The molecule has 1 fully saturated rings. The topological polar surface area (TPSA) is 32.5 Å². The number of likely N-dealkylation sites (N-methyl/N-ethyl adjacent to an activating group) is 1. The summed E-state index contributed by atoms with van der Waals surface area (Å²) in [7, 11) is 2.21. The van der Waals surface area contributed by atoms with E-state index >= 15 is 0 Å². The van der Waals surface area contributed by atoms with Crippen molar-refractivity contribution >= 4 is 17.3 Å². The summed E-state index contributed by atoms with van der Waals surface area (Å²) in [4.78, 5) is 4.92. The monoisotopic (exact) mass is 295 g/mol. The molecule has 1 aliphatic heterocycles. The van der Waals surface area contributed by atoms with Crippen molar-refractivity contribution in [3.05, 3.63) is 28.8 Å². The lowest BCUT2D eigenvalue weighted by molar-refractivity contribution is 0.170. The normalized spacial score (nSPS) is 25.8. The predicted octanol–water partition coefficient (Wildman–Crippen LogP) is 2.76. The molecule has 1 aromatic rings. The molecule has 0 radical (unpaired) electrons. The van der Waals surface area contributed by atoms with Crippen LogP contribution < -0.4 is 10.6 Å². The quantitative estimate of drug-likeness (QED) is 0.931. The Bertz CT molecular complexity index is 449. The molecule has 0 spiro atoms. The Morgan fingerprint density at radius 1 is 1.30 bits per heavy atom. The number of nitrogens with zero attached hydrogens (tertiary/aromatic N) is 2. The van der Waals surface area contributed by atoms with Crippen LogP contribution in [-0.2, 0) is 6.42 Å². The fourth-order valence-corrected chi connectivity index (χ4v) is 3.17. The Kier molecular flexibility index (Phi) is 4.95. The predicted molar refractivity (Wildman–Crippen MR) is 87.7 cm³/mol. The molecule has 1 heterocycles. The van der Waals surface area contributed by atoms with Crippen molar-refractivity contribution in [2.45, 2.75) is 45.3 Å². The Labute approximate surface area is 127 Å². The van der Waals surface area contributed by atoms with E-state index in [4.69, 9.17) is 17.3 Å². The van der Waals surface area contributed by atoms with Gasteiger partial charge in [0, 0.05) is 41.9 Å². The van der Waals surface area contributed by atoms with Crippen molar-refractivity contribution in [3.8, 4) is 0 Å². The molecule has 0 bridgehead atoms. The van der Waals surface area contributed by atoms with Crippen LogP contribution in [0.25, 0.3) is 0 Å². The summed E-state index contributed by atoms with van der Waals surface area (Å²) >= 11 is 6.15. The van der Waals surface area contributed by atoms with Crippen LogP contribution in [0.15, 0.2) is 18.2 Å². The largest absolute Gasteiger partial charge is 0.368 e. The average Bonchev–Trinajstić information content (AvgIpc) is 2.35. The van der Waals surface area contributed by atoms with Gasteiger partial charge < -0.3 is 10.6 Å². The lowest BCUT2D eigenvalue weighted by Gasteiger charge is -2.44. The van der Waals surface area contributed by atoms with Crippen LogP contribution in [-0.4, -0.2) is 43.2 Å². The summed E-state index contributed by atoms with van der Waals surface area (Å²) in [5, 5.41) is 0.791. The van der Waals surface area contributed by atoms with Crippen LogP contribution in [0.1, 0.15) is 26.3 Å². The Morgan fingerprint density at radius 3 is 2.45 bits per heavy atom. The van der Waals surface area contributed by atoms with Gasteiger partial charge >= 0.3 is 0 Å². The molecular formula is C16H26ClN3. The van der Waals surface area contributed by atoms with E-state index in [2.05, 4.69) is 42.8 Å². The van der Waals surface area contributed by atoms with Crippen molar-refractivity contribution in [2.24, 2.45) is 5.73 Å². The molecule has 20 heavy (non-hydrogen) atoms. The first-order chi connectivity index (χ1) is 9.38. The first-order valence-electron chi connectivity index (χ1n) is 7.39. The molecule has 0 amide bonds. The van der Waals surface area contributed by atoms with Crippen molar-refractivity contribution in [1.82, 2.24) is 4.90 Å². The lowest BCUT2D eigenvalue weighted by atomic mass is 10.0. The number of anilines is 1. The van der Waals surface area contributed by atoms with Gasteiger partial charge in [0.25, 0.3) is 0 Å². The van der Waals surface area contributed by atoms with Crippen molar-refractivity contribution in [1.29, 1.82) is 0 Å². The highest BCUT2D eigenvalue weighted by molar-refractivity contribution is 6.30. The number of rotatable bonds is 3. The third-order valence-electron chi connectivity index (χ3n) is 4.28. The standard InChI is InChI=1S/C16H26ClN3/c1-11(18)7-14-8-15(17)5-6-16(14)20-9-12(2)19(4)13(3)10-20/h5-6,8,11-13H,7,9-10,18H2,1-4H3. The van der Waals surface area contributed by atoms with Crippen LogP contribution in [0.2, 0.25) is 5.02 Å². The molecule has 2 N–H and O–H groups in total. The molecule has 0 aromatic heterocycles. The second-order valence-electron chi connectivity index (χ2n) is 6.22. The fourth-order valence-electron chi connectivity index (χ4n) is 2.97. The smallest absolute Gasteiger partial charge is 0.0410 e. The lowest BCUT2D eigenvalue weighted by Crippen LogP contribution is -2.55. The highest BCUT2D eigenvalue weighted by Gasteiger charge is 2.27. The Balaban J connectivity index is 2.27. The fraction of sp³-hybridized carbons (Fsp3) is 0.625. The molecule has 112 valence electrons. The first-order valence-corrected chi connectivity index (χ1v) is 7.77. The molecule has 3 nitrogen and oxygen atoms in total. The van der Waals surface area contributed by atoms with E-state index in [-0.39, 0.29) is 6.04 Å². The van der Waals surface area contributed by atoms with Gasteiger partial charge in [-0.05, 0) is 58.0 Å². The molecule has 1 saturated heterocycles. The zero-order valence-electron chi connectivity index (χ0n) is 12.9. The maximum Gasteiger partial charge on any atom is 0.0410 e. The molecule has 0 saturated carbocycles. The second kappa shape index (κ2) is 6.33. The van der Waals surface area contributed by atoms with Crippen LogP contribution in [0.5, 0.6) is 0 Å². The van der Waals surface area contributed by atoms with E-state index < -0.39 is 0 Å². The molecule has 1 aromatic carbocycles. The minimum Gasteiger partial charge on any atom is -0.368 e. The summed E-state index contributed by atoms with van der Waals surface area (Å²) in [5.74, 6) is 0. The minimum atomic E-state index is 0.148. The summed E-state index contributed by atoms with van der Waals surface area (Å²) < 4.78 is 0. The summed E-state index contributed by atoms with van der Waals surface area (Å²) in [5.41, 5.74) is 8.53. The molecular weight excluding hydrogens is 270 g/mol. The summed E-state index contributed by atoms with van der Waals surface area (Å²) in [6, 6.07) is 7.44. The number of hydrogen-bond acceptors (Lipinski definition) is 3. The van der Waals surface area contributed by atoms with Crippen molar-refractivity contribution in [2.75, 3.05) is 25.0 Å². The highest BCUT2D eigenvalue weighted by atomic mass is 35.5. The number of halogens is 1. The molecule has 4 heteroatoms. The van der Waals surface area contributed by atoms with Gasteiger partial charge in [0.1, 0.15) is 0 Å². The first kappa shape index (κ1) is 15.6. The van der Waals surface area contributed by atoms with Crippen LogP contribution in [0.3, 0.4) is 0 Å². The molecule has 3 unspecified atom stereocenters. The Hall–Kier alpha value is -0.770. The second-order valence-corrected chi connectivity index (χ2v) is 6.66. The SMILES string of the molecule is CC(N)Cc1cc(Cl)ccc1N1CC(C)N(C)C(C)C1. The van der Waals surface area contributed by atoms with Gasteiger partial charge in [0.15, 0.2) is 0 Å². The summed E-state index contributed by atoms with van der Waals surface area (Å²) in [6.07, 6.45) is 0.866. The van der Waals surface area contributed by atoms with E-state index in [0.29, 0.717) is 12.1 Å². The van der Waals surface area contributed by atoms with Gasteiger partial charge in [-0.25, -0.2) is 0 Å². The molecule has 2 rings (SSSR count). The maximum absolute atomic E-state index is 6.15. The number of hydrogen-bond donors (Lipinski definition) is 1. The van der Waals surface area contributed by atoms with E-state index in [1.165, 1.54) is 11.3 Å². The summed E-state index contributed by atoms with van der Waals surface area (Å²) in [6.45, 7) is 8.70. The minimum absolute atomic E-state index is 0.148. The van der Waals surface area contributed by atoms with E-state index in [9.17, 15) is 0 Å². The van der Waals surface area contributed by atoms with Crippen LogP contribution >= 0.6 is 11.6 Å². The van der Waals surface area contributed by atoms with Gasteiger partial charge in [0.2, 0.25) is 0 Å². The van der Waals surface area contributed by atoms with Gasteiger partial charge in [-0.2, -0.15) is 0 Å². The number of nitrogens with two attached hydrogens (primary N) is 1. The van der Waals surface area contributed by atoms with Gasteiger partial charge in [-0.15, -0.1) is 0 Å². The molecule has 1 aliphatic rings. The van der Waals surface area contributed by atoms with Crippen molar-refractivity contribution < 1.29 is 0 Å². The van der Waals surface area contributed by atoms with E-state index in [1.54, 1.807) is 0 Å². The van der Waals surface area contributed by atoms with Gasteiger partial charge in [-0.3, -0.25) is 4.90 Å². The highest BCUT2D eigenvalue weighted by Crippen LogP contribution is 2.28. The van der Waals surface area contributed by atoms with Gasteiger partial charge in [-0.1, -0.05) is 11.6 Å². The maximum atomic E-state index is 6.15. The average molecular weight is 296 g/mol. The zero-order chi connectivity index (χ0) is 14.9. The van der Waals surface area contributed by atoms with Crippen LogP contribution in [0, 0.1) is 0 Å². The molecule has 0 aliphatic carbocycles. The number of piperazine rings is 1. The third-order valence-corrected chi connectivity index (χ3v) is 4.52. The van der Waals surface area contributed by atoms with E-state index in [0.717, 1.165) is 24.5 Å². The third kappa shape index (κ3) is 3.46. The van der Waals surface area contributed by atoms with Gasteiger partial charge in [0.05, 0.1) is 0 Å². The zero-order valence-corrected chi connectivity index (χ0v) is 13.7. The Morgan fingerprint density at radius 2 is 1.90 bits per heavy atom. The van der Waals surface area contributed by atoms with Crippen molar-refractivity contribution in [3.63, 3.8) is 0 Å². The molecule has 3 atom stereocenters.